The zero-order chi connectivity index (χ0) is 17.5. The van der Waals surface area contributed by atoms with Crippen molar-refractivity contribution in [2.75, 3.05) is 19.8 Å². The average Bonchev–Trinajstić information content (AvgIpc) is 3.20. The molecule has 2 heterocycles. The molecule has 1 aliphatic carbocycles. The molecule has 0 aromatic carbocycles. The zero-order valence-corrected chi connectivity index (χ0v) is 13.7. The van der Waals surface area contributed by atoms with E-state index in [2.05, 4.69) is 10.2 Å². The first-order valence-electron chi connectivity index (χ1n) is 8.05. The van der Waals surface area contributed by atoms with Crippen LogP contribution in [0.5, 0.6) is 0 Å². The highest BCUT2D eigenvalue weighted by molar-refractivity contribution is 5.76. The lowest BCUT2D eigenvalue weighted by molar-refractivity contribution is -0.144. The standard InChI is InChI=1S/C13H20N4O3.C2H4O2/c18-7-10-5-11-12(6-10)20-4-3-17(11)13(19)1-2-16-8-14-15-9-16;1-2(3)4/h8-12,18H,1-7H2;1H3,(H,3,4)/t10-,11+,12?;/m1./s1. The average molecular weight is 340 g/mol. The number of carboxylic acid groups (broad SMARTS) is 1. The van der Waals surface area contributed by atoms with E-state index in [-0.39, 0.29) is 30.6 Å². The normalized spacial score (nSPS) is 25.6. The van der Waals surface area contributed by atoms with E-state index in [0.717, 1.165) is 19.8 Å². The highest BCUT2D eigenvalue weighted by Gasteiger charge is 2.42. The first-order valence-corrected chi connectivity index (χ1v) is 8.05. The molecule has 9 heteroatoms. The van der Waals surface area contributed by atoms with E-state index in [9.17, 15) is 9.90 Å². The van der Waals surface area contributed by atoms with Crippen LogP contribution in [0.2, 0.25) is 0 Å². The molecule has 2 fully saturated rings. The lowest BCUT2D eigenvalue weighted by Crippen LogP contribution is -2.51. The molecule has 1 aromatic heterocycles. The molecule has 3 atom stereocenters. The predicted octanol–water partition coefficient (Wildman–Crippen LogP) is -0.243. The molecular formula is C15H24N4O5. The van der Waals surface area contributed by atoms with E-state index in [4.69, 9.17) is 14.6 Å². The number of morpholine rings is 1. The molecular weight excluding hydrogens is 316 g/mol. The van der Waals surface area contributed by atoms with Gasteiger partial charge in [0, 0.05) is 33.0 Å². The van der Waals surface area contributed by atoms with Gasteiger partial charge < -0.3 is 24.4 Å². The van der Waals surface area contributed by atoms with Gasteiger partial charge in [-0.2, -0.15) is 0 Å². The summed E-state index contributed by atoms with van der Waals surface area (Å²) < 4.78 is 7.54. The number of fused-ring (bicyclic) bond motifs is 1. The van der Waals surface area contributed by atoms with E-state index in [1.807, 2.05) is 4.90 Å². The number of aliphatic hydroxyl groups is 1. The first kappa shape index (κ1) is 18.3. The Kier molecular flexibility index (Phi) is 6.68. The number of aromatic nitrogens is 3. The number of ether oxygens (including phenoxy) is 1. The number of rotatable bonds is 4. The number of nitrogens with zero attached hydrogens (tertiary/aromatic N) is 4. The number of carbonyl (C=O) groups is 2. The first-order chi connectivity index (χ1) is 11.5. The van der Waals surface area contributed by atoms with Gasteiger partial charge in [-0.25, -0.2) is 0 Å². The predicted molar refractivity (Wildman–Crippen MR) is 83.0 cm³/mol. The van der Waals surface area contributed by atoms with Crippen LogP contribution in [0, 0.1) is 5.92 Å². The maximum atomic E-state index is 12.4. The summed E-state index contributed by atoms with van der Waals surface area (Å²) in [5.74, 6) is -0.424. The molecule has 1 saturated heterocycles. The fourth-order valence-corrected chi connectivity index (χ4v) is 3.22. The second-order valence-electron chi connectivity index (χ2n) is 6.05. The maximum Gasteiger partial charge on any atom is 0.300 e. The van der Waals surface area contributed by atoms with E-state index >= 15 is 0 Å². The van der Waals surface area contributed by atoms with Crippen molar-refractivity contribution in [3.63, 3.8) is 0 Å². The molecule has 1 amide bonds. The quantitative estimate of drug-likeness (QED) is 0.776. The van der Waals surface area contributed by atoms with Gasteiger partial charge in [0.15, 0.2) is 0 Å². The fraction of sp³-hybridized carbons (Fsp3) is 0.733. The molecule has 24 heavy (non-hydrogen) atoms. The lowest BCUT2D eigenvalue weighted by atomic mass is 10.1. The van der Waals surface area contributed by atoms with Gasteiger partial charge >= 0.3 is 0 Å². The molecule has 0 bridgehead atoms. The van der Waals surface area contributed by atoms with Crippen molar-refractivity contribution in [1.29, 1.82) is 0 Å². The van der Waals surface area contributed by atoms with E-state index in [1.165, 1.54) is 0 Å². The number of carbonyl (C=O) groups excluding carboxylic acids is 1. The van der Waals surface area contributed by atoms with Gasteiger partial charge in [0.25, 0.3) is 5.97 Å². The van der Waals surface area contributed by atoms with Gasteiger partial charge in [-0.3, -0.25) is 9.59 Å². The molecule has 1 aromatic rings. The van der Waals surface area contributed by atoms with Gasteiger partial charge in [0.2, 0.25) is 5.91 Å². The molecule has 0 spiro atoms. The second-order valence-corrected chi connectivity index (χ2v) is 6.05. The van der Waals surface area contributed by atoms with Crippen molar-refractivity contribution >= 4 is 11.9 Å². The third-order valence-electron chi connectivity index (χ3n) is 4.26. The summed E-state index contributed by atoms with van der Waals surface area (Å²) in [7, 11) is 0. The summed E-state index contributed by atoms with van der Waals surface area (Å²) in [5, 5.41) is 24.2. The molecule has 134 valence electrons. The number of hydrogen-bond acceptors (Lipinski definition) is 6. The Balaban J connectivity index is 0.000000471. The number of hydrogen-bond donors (Lipinski definition) is 2. The van der Waals surface area contributed by atoms with Crippen LogP contribution in [0.4, 0.5) is 0 Å². The second kappa shape index (κ2) is 8.74. The van der Waals surface area contributed by atoms with Gasteiger partial charge in [0.1, 0.15) is 12.7 Å². The molecule has 1 aliphatic heterocycles. The molecule has 0 radical (unpaired) electrons. The van der Waals surface area contributed by atoms with Crippen LogP contribution >= 0.6 is 0 Å². The van der Waals surface area contributed by atoms with Crippen LogP contribution in [-0.2, 0) is 20.9 Å². The number of carboxylic acids is 1. The molecule has 1 saturated carbocycles. The van der Waals surface area contributed by atoms with Crippen LogP contribution < -0.4 is 0 Å². The van der Waals surface area contributed by atoms with Crippen LogP contribution in [0.25, 0.3) is 0 Å². The SMILES string of the molecule is CC(=O)O.O=C(CCn1cnnc1)N1CCOC2C[C@H](CO)C[C@@H]21. The molecule has 9 nitrogen and oxygen atoms in total. The third-order valence-corrected chi connectivity index (χ3v) is 4.26. The summed E-state index contributed by atoms with van der Waals surface area (Å²) in [5.41, 5.74) is 0. The summed E-state index contributed by atoms with van der Waals surface area (Å²) >= 11 is 0. The Morgan fingerprint density at radius 3 is 2.58 bits per heavy atom. The highest BCUT2D eigenvalue weighted by Crippen LogP contribution is 2.34. The zero-order valence-electron chi connectivity index (χ0n) is 13.7. The van der Waals surface area contributed by atoms with E-state index in [0.29, 0.717) is 26.1 Å². The van der Waals surface area contributed by atoms with E-state index < -0.39 is 5.97 Å². The van der Waals surface area contributed by atoms with Gasteiger partial charge in [0.05, 0.1) is 18.8 Å². The highest BCUT2D eigenvalue weighted by atomic mass is 16.5. The van der Waals surface area contributed by atoms with Crippen LogP contribution in [0.3, 0.4) is 0 Å². The monoisotopic (exact) mass is 340 g/mol. The Hall–Kier alpha value is -2.00. The fourth-order valence-electron chi connectivity index (χ4n) is 3.22. The molecule has 3 rings (SSSR count). The summed E-state index contributed by atoms with van der Waals surface area (Å²) in [6, 6.07) is 0.134. The number of aliphatic carboxylic acids is 1. The lowest BCUT2D eigenvalue weighted by Gasteiger charge is -2.37. The van der Waals surface area contributed by atoms with Crippen molar-refractivity contribution in [2.45, 2.75) is 44.9 Å². The summed E-state index contributed by atoms with van der Waals surface area (Å²) in [4.78, 5) is 23.3. The van der Waals surface area contributed by atoms with Crippen LogP contribution in [0.1, 0.15) is 26.2 Å². The maximum absolute atomic E-state index is 12.4. The Bertz CT molecular complexity index is 532. The summed E-state index contributed by atoms with van der Waals surface area (Å²) in [6.07, 6.45) is 5.49. The number of aliphatic hydroxyl groups excluding tert-OH is 1. The van der Waals surface area contributed by atoms with Crippen molar-refractivity contribution in [2.24, 2.45) is 5.92 Å². The van der Waals surface area contributed by atoms with Gasteiger partial charge in [-0.15, -0.1) is 10.2 Å². The van der Waals surface area contributed by atoms with Crippen molar-refractivity contribution < 1.29 is 24.5 Å². The van der Waals surface area contributed by atoms with Crippen molar-refractivity contribution in [1.82, 2.24) is 19.7 Å². The smallest absolute Gasteiger partial charge is 0.300 e. The van der Waals surface area contributed by atoms with Crippen molar-refractivity contribution in [3.05, 3.63) is 12.7 Å². The van der Waals surface area contributed by atoms with Crippen molar-refractivity contribution in [3.8, 4) is 0 Å². The minimum Gasteiger partial charge on any atom is -0.481 e. The largest absolute Gasteiger partial charge is 0.481 e. The van der Waals surface area contributed by atoms with Gasteiger partial charge in [-0.05, 0) is 18.8 Å². The minimum absolute atomic E-state index is 0.0970. The summed E-state index contributed by atoms with van der Waals surface area (Å²) in [6.45, 7) is 3.11. The third kappa shape index (κ3) is 5.00. The Morgan fingerprint density at radius 1 is 1.29 bits per heavy atom. The Labute approximate surface area is 140 Å². The number of aryl methyl sites for hydroxylation is 1. The minimum atomic E-state index is -0.833. The topological polar surface area (TPSA) is 118 Å². The Morgan fingerprint density at radius 2 is 1.96 bits per heavy atom. The molecule has 2 aliphatic rings. The number of amides is 1. The van der Waals surface area contributed by atoms with Gasteiger partial charge in [-0.1, -0.05) is 0 Å². The van der Waals surface area contributed by atoms with Crippen LogP contribution in [-0.4, -0.2) is 73.7 Å². The van der Waals surface area contributed by atoms with E-state index in [1.54, 1.807) is 17.2 Å². The molecule has 2 N–H and O–H groups in total. The molecule has 1 unspecified atom stereocenters. The van der Waals surface area contributed by atoms with Crippen LogP contribution in [0.15, 0.2) is 12.7 Å².